The predicted octanol–water partition coefficient (Wildman–Crippen LogP) is 2.45. The van der Waals surface area contributed by atoms with Gasteiger partial charge in [-0.3, -0.25) is 4.79 Å². The summed E-state index contributed by atoms with van der Waals surface area (Å²) in [6.07, 6.45) is 2.34. The molecular weight excluding hydrogens is 278 g/mol. The molecule has 0 bridgehead atoms. The van der Waals surface area contributed by atoms with Crippen molar-refractivity contribution >= 4 is 34.5 Å². The van der Waals surface area contributed by atoms with Crippen LogP contribution in [0, 0.1) is 5.92 Å². The molecule has 0 fully saturated rings. The molecule has 0 saturated heterocycles. The molecule has 0 atom stereocenters. The van der Waals surface area contributed by atoms with E-state index in [1.807, 2.05) is 0 Å². The fraction of sp³-hybridized carbons (Fsp3) is 0.462. The molecule has 6 heteroatoms. The average Bonchev–Trinajstić information content (AvgIpc) is 2.71. The number of nitrogens with one attached hydrogen (secondary N) is 1. The monoisotopic (exact) mass is 297 g/mol. The molecule has 1 amide bonds. The Bertz CT molecular complexity index is 492. The van der Waals surface area contributed by atoms with Crippen LogP contribution in [0.5, 0.6) is 0 Å². The molecule has 0 saturated carbocycles. The third kappa shape index (κ3) is 4.11. The van der Waals surface area contributed by atoms with Crippen molar-refractivity contribution in [3.05, 3.63) is 28.4 Å². The minimum absolute atomic E-state index is 0.0837. The number of hydrogen-bond acceptors (Lipinski definition) is 4. The lowest BCUT2D eigenvalue weighted by Crippen LogP contribution is -2.24. The van der Waals surface area contributed by atoms with Crippen LogP contribution in [0.2, 0.25) is 0 Å². The summed E-state index contributed by atoms with van der Waals surface area (Å²) in [6.45, 7) is 7.80. The van der Waals surface area contributed by atoms with Crippen LogP contribution in [0.4, 0.5) is 0 Å². The molecule has 1 heterocycles. The second-order valence-corrected chi connectivity index (χ2v) is 6.26. The Balaban J connectivity index is 3.15. The molecule has 19 heavy (non-hydrogen) atoms. The Morgan fingerprint density at radius 3 is 2.68 bits per heavy atom. The lowest BCUT2D eigenvalue weighted by Gasteiger charge is -2.10. The molecular formula is C13H19N3OS2. The van der Waals surface area contributed by atoms with E-state index in [9.17, 15) is 4.79 Å². The molecule has 1 aromatic heterocycles. The second-order valence-electron chi connectivity index (χ2n) is 4.77. The molecule has 0 radical (unpaired) electrons. The van der Waals surface area contributed by atoms with Crippen LogP contribution < -0.4 is 5.32 Å². The van der Waals surface area contributed by atoms with Crippen molar-refractivity contribution in [2.75, 3.05) is 14.1 Å². The second kappa shape index (κ2) is 6.77. The van der Waals surface area contributed by atoms with Crippen molar-refractivity contribution in [2.24, 2.45) is 5.92 Å². The molecule has 1 rings (SSSR count). The smallest absolute Gasteiger partial charge is 0.273 e. The molecule has 1 aromatic rings. The van der Waals surface area contributed by atoms with Crippen LogP contribution in [0.25, 0.3) is 0 Å². The fourth-order valence-corrected chi connectivity index (χ4v) is 2.91. The Hall–Kier alpha value is -1.27. The molecule has 1 N–H and O–H groups in total. The summed E-state index contributed by atoms with van der Waals surface area (Å²) in [5.74, 6) is 0.377. The third-order valence-electron chi connectivity index (χ3n) is 2.33. The number of carbonyl (C=O) groups excluding carboxylic acids is 1. The van der Waals surface area contributed by atoms with E-state index in [4.69, 9.17) is 12.2 Å². The van der Waals surface area contributed by atoms with E-state index in [-0.39, 0.29) is 5.91 Å². The number of thiocarbonyl (C=S) groups is 1. The van der Waals surface area contributed by atoms with Gasteiger partial charge in [0.25, 0.3) is 5.91 Å². The number of thiazole rings is 1. The average molecular weight is 297 g/mol. The maximum atomic E-state index is 12.1. The van der Waals surface area contributed by atoms with Crippen molar-refractivity contribution in [3.63, 3.8) is 0 Å². The highest BCUT2D eigenvalue weighted by molar-refractivity contribution is 7.81. The van der Waals surface area contributed by atoms with E-state index in [1.165, 1.54) is 22.4 Å². The van der Waals surface area contributed by atoms with E-state index in [2.05, 4.69) is 30.7 Å². The van der Waals surface area contributed by atoms with E-state index in [1.54, 1.807) is 14.1 Å². The molecule has 4 nitrogen and oxygen atoms in total. The van der Waals surface area contributed by atoms with Gasteiger partial charge in [-0.15, -0.1) is 11.3 Å². The summed E-state index contributed by atoms with van der Waals surface area (Å²) in [6, 6.07) is 0. The Kier molecular flexibility index (Phi) is 5.62. The van der Waals surface area contributed by atoms with Crippen molar-refractivity contribution in [2.45, 2.75) is 20.3 Å². The summed E-state index contributed by atoms with van der Waals surface area (Å²) in [7, 11) is 3.45. The fourth-order valence-electron chi connectivity index (χ4n) is 1.49. The summed E-state index contributed by atoms with van der Waals surface area (Å²) in [5.41, 5.74) is 0.506. The number of rotatable bonds is 5. The molecule has 0 aliphatic heterocycles. The van der Waals surface area contributed by atoms with Crippen LogP contribution >= 0.6 is 23.6 Å². The Labute approximate surface area is 123 Å². The first-order valence-corrected chi connectivity index (χ1v) is 7.22. The first-order valence-electron chi connectivity index (χ1n) is 6.00. The van der Waals surface area contributed by atoms with E-state index in [0.29, 0.717) is 21.6 Å². The number of carbonyl (C=O) groups is 1. The first-order chi connectivity index (χ1) is 8.86. The zero-order valence-electron chi connectivity index (χ0n) is 11.7. The zero-order chi connectivity index (χ0) is 14.6. The van der Waals surface area contributed by atoms with E-state index in [0.717, 1.165) is 11.3 Å². The molecule has 0 spiro atoms. The molecule has 0 aliphatic carbocycles. The number of hydrogen-bond donors (Lipinski definition) is 1. The quantitative estimate of drug-likeness (QED) is 0.848. The minimum Gasteiger partial charge on any atom is -0.351 e. The molecule has 104 valence electrons. The van der Waals surface area contributed by atoms with Gasteiger partial charge in [-0.1, -0.05) is 32.6 Å². The van der Waals surface area contributed by atoms with Gasteiger partial charge in [0.2, 0.25) is 0 Å². The standard InChI is InChI=1S/C13H19N3OS2/c1-6-14-11(18)12-15-10(13(17)16(4)5)9(19-12)7-8(2)3/h6,8H,1,7H2,2-5H3,(H,14,18). The molecule has 0 unspecified atom stereocenters. The number of nitrogens with zero attached hydrogens (tertiary/aromatic N) is 2. The van der Waals surface area contributed by atoms with Crippen molar-refractivity contribution in [1.82, 2.24) is 15.2 Å². The van der Waals surface area contributed by atoms with Gasteiger partial charge in [-0.25, -0.2) is 4.98 Å². The normalized spacial score (nSPS) is 10.4. The largest absolute Gasteiger partial charge is 0.351 e. The number of amides is 1. The maximum absolute atomic E-state index is 12.1. The van der Waals surface area contributed by atoms with Gasteiger partial charge in [-0.05, 0) is 18.5 Å². The third-order valence-corrected chi connectivity index (χ3v) is 3.86. The highest BCUT2D eigenvalue weighted by Crippen LogP contribution is 2.23. The Morgan fingerprint density at radius 2 is 2.21 bits per heavy atom. The summed E-state index contributed by atoms with van der Waals surface area (Å²) >= 11 is 6.67. The van der Waals surface area contributed by atoms with Crippen LogP contribution in [0.3, 0.4) is 0 Å². The van der Waals surface area contributed by atoms with Gasteiger partial charge in [0.05, 0.1) is 0 Å². The van der Waals surface area contributed by atoms with Crippen molar-refractivity contribution in [1.29, 1.82) is 0 Å². The minimum atomic E-state index is -0.0837. The van der Waals surface area contributed by atoms with Gasteiger partial charge >= 0.3 is 0 Å². The Morgan fingerprint density at radius 1 is 1.58 bits per heavy atom. The van der Waals surface area contributed by atoms with Crippen molar-refractivity contribution in [3.8, 4) is 0 Å². The van der Waals surface area contributed by atoms with Crippen LogP contribution in [0.15, 0.2) is 12.8 Å². The highest BCUT2D eigenvalue weighted by Gasteiger charge is 2.21. The topological polar surface area (TPSA) is 45.2 Å². The summed E-state index contributed by atoms with van der Waals surface area (Å²) in [5, 5.41) is 3.50. The van der Waals surface area contributed by atoms with Gasteiger partial charge in [0.15, 0.2) is 5.01 Å². The zero-order valence-corrected chi connectivity index (χ0v) is 13.3. The van der Waals surface area contributed by atoms with Gasteiger partial charge in [0, 0.05) is 19.0 Å². The van der Waals surface area contributed by atoms with Gasteiger partial charge < -0.3 is 10.2 Å². The van der Waals surface area contributed by atoms with Gasteiger partial charge in [-0.2, -0.15) is 0 Å². The van der Waals surface area contributed by atoms with Gasteiger partial charge in [0.1, 0.15) is 10.7 Å². The maximum Gasteiger partial charge on any atom is 0.273 e. The highest BCUT2D eigenvalue weighted by atomic mass is 32.1. The molecule has 0 aromatic carbocycles. The van der Waals surface area contributed by atoms with E-state index >= 15 is 0 Å². The van der Waals surface area contributed by atoms with Crippen LogP contribution in [-0.2, 0) is 6.42 Å². The lowest BCUT2D eigenvalue weighted by atomic mass is 10.1. The lowest BCUT2D eigenvalue weighted by molar-refractivity contribution is 0.0821. The van der Waals surface area contributed by atoms with Crippen LogP contribution in [-0.4, -0.2) is 34.9 Å². The van der Waals surface area contributed by atoms with Crippen molar-refractivity contribution < 1.29 is 4.79 Å². The SMILES string of the molecule is C=CNC(=S)c1nc(C(=O)N(C)C)c(CC(C)C)s1. The first kappa shape index (κ1) is 15.8. The van der Waals surface area contributed by atoms with Crippen LogP contribution in [0.1, 0.15) is 34.2 Å². The molecule has 0 aliphatic rings. The summed E-state index contributed by atoms with van der Waals surface area (Å²) in [4.78, 5) is 19.5. The van der Waals surface area contributed by atoms with E-state index < -0.39 is 0 Å². The number of aromatic nitrogens is 1. The summed E-state index contributed by atoms with van der Waals surface area (Å²) < 4.78 is 0. The predicted molar refractivity (Wildman–Crippen MR) is 83.7 cm³/mol.